The lowest BCUT2D eigenvalue weighted by molar-refractivity contribution is -0.125. The highest BCUT2D eigenvalue weighted by Crippen LogP contribution is 2.17. The highest BCUT2D eigenvalue weighted by Gasteiger charge is 2.19. The van der Waals surface area contributed by atoms with E-state index in [0.29, 0.717) is 11.7 Å². The Kier molecular flexibility index (Phi) is 6.52. The standard InChI is InChI=1S/C18H23N3O3S/c1-4-18(2,3)21-15(22)11-24-16(23)14-12-25-17(20-14)19-10-13-8-6-5-7-9-13/h5-9,12H,4,10-11H2,1-3H3,(H,19,20)(H,21,22). The van der Waals surface area contributed by atoms with Gasteiger partial charge in [-0.05, 0) is 25.8 Å². The third-order valence-electron chi connectivity index (χ3n) is 3.70. The van der Waals surface area contributed by atoms with Gasteiger partial charge in [-0.15, -0.1) is 11.3 Å². The van der Waals surface area contributed by atoms with E-state index in [0.717, 1.165) is 12.0 Å². The zero-order valence-corrected chi connectivity index (χ0v) is 15.5. The molecule has 1 heterocycles. The summed E-state index contributed by atoms with van der Waals surface area (Å²) in [5, 5.41) is 8.22. The fourth-order valence-electron chi connectivity index (χ4n) is 1.93. The van der Waals surface area contributed by atoms with E-state index >= 15 is 0 Å². The van der Waals surface area contributed by atoms with Crippen LogP contribution in [0.15, 0.2) is 35.7 Å². The second kappa shape index (κ2) is 8.62. The Balaban J connectivity index is 1.81. The average Bonchev–Trinajstić information content (AvgIpc) is 3.07. The minimum absolute atomic E-state index is 0.197. The maximum absolute atomic E-state index is 12.0. The lowest BCUT2D eigenvalue weighted by atomic mass is 10.0. The van der Waals surface area contributed by atoms with Crippen molar-refractivity contribution in [2.75, 3.05) is 11.9 Å². The summed E-state index contributed by atoms with van der Waals surface area (Å²) in [5.41, 5.74) is 0.999. The molecule has 0 aliphatic carbocycles. The van der Waals surface area contributed by atoms with E-state index in [-0.39, 0.29) is 23.7 Å². The number of carbonyl (C=O) groups is 2. The second-order valence-electron chi connectivity index (χ2n) is 6.24. The minimum atomic E-state index is -0.603. The van der Waals surface area contributed by atoms with E-state index in [1.54, 1.807) is 5.38 Å². The molecule has 0 unspecified atom stereocenters. The van der Waals surface area contributed by atoms with E-state index in [4.69, 9.17) is 4.74 Å². The Morgan fingerprint density at radius 3 is 2.64 bits per heavy atom. The number of aromatic nitrogens is 1. The largest absolute Gasteiger partial charge is 0.451 e. The summed E-state index contributed by atoms with van der Waals surface area (Å²) in [7, 11) is 0. The molecule has 25 heavy (non-hydrogen) atoms. The first-order valence-corrected chi connectivity index (χ1v) is 8.99. The van der Waals surface area contributed by atoms with Gasteiger partial charge in [-0.25, -0.2) is 9.78 Å². The Morgan fingerprint density at radius 2 is 1.96 bits per heavy atom. The molecular weight excluding hydrogens is 338 g/mol. The Labute approximate surface area is 151 Å². The molecule has 2 rings (SSSR count). The van der Waals surface area contributed by atoms with Crippen molar-refractivity contribution in [3.05, 3.63) is 47.0 Å². The molecule has 0 saturated heterocycles. The summed E-state index contributed by atoms with van der Waals surface area (Å²) in [6.07, 6.45) is 0.787. The van der Waals surface area contributed by atoms with Crippen molar-refractivity contribution in [1.82, 2.24) is 10.3 Å². The van der Waals surface area contributed by atoms with Gasteiger partial charge in [0.15, 0.2) is 17.4 Å². The van der Waals surface area contributed by atoms with Crippen molar-refractivity contribution in [3.8, 4) is 0 Å². The number of amides is 1. The van der Waals surface area contributed by atoms with Crippen molar-refractivity contribution in [1.29, 1.82) is 0 Å². The molecular formula is C18H23N3O3S. The molecule has 6 nitrogen and oxygen atoms in total. The zero-order valence-electron chi connectivity index (χ0n) is 14.7. The van der Waals surface area contributed by atoms with Gasteiger partial charge in [-0.2, -0.15) is 0 Å². The number of anilines is 1. The molecule has 0 aliphatic rings. The molecule has 0 fully saturated rings. The number of rotatable bonds is 8. The molecule has 0 atom stereocenters. The molecule has 1 aromatic heterocycles. The van der Waals surface area contributed by atoms with Crippen LogP contribution >= 0.6 is 11.3 Å². The van der Waals surface area contributed by atoms with Crippen molar-refractivity contribution in [2.45, 2.75) is 39.3 Å². The van der Waals surface area contributed by atoms with Gasteiger partial charge in [0.1, 0.15) is 0 Å². The third-order valence-corrected chi connectivity index (χ3v) is 4.50. The Morgan fingerprint density at radius 1 is 1.24 bits per heavy atom. The number of nitrogens with zero attached hydrogens (tertiary/aromatic N) is 1. The van der Waals surface area contributed by atoms with Crippen molar-refractivity contribution < 1.29 is 14.3 Å². The van der Waals surface area contributed by atoms with Crippen LogP contribution in [-0.4, -0.2) is 29.0 Å². The lowest BCUT2D eigenvalue weighted by Crippen LogP contribution is -2.44. The van der Waals surface area contributed by atoms with Gasteiger partial charge in [0.25, 0.3) is 5.91 Å². The summed E-state index contributed by atoms with van der Waals surface area (Å²) >= 11 is 1.32. The lowest BCUT2D eigenvalue weighted by Gasteiger charge is -2.24. The van der Waals surface area contributed by atoms with E-state index in [9.17, 15) is 9.59 Å². The third kappa shape index (κ3) is 6.19. The molecule has 7 heteroatoms. The van der Waals surface area contributed by atoms with Crippen molar-refractivity contribution in [3.63, 3.8) is 0 Å². The van der Waals surface area contributed by atoms with Crippen LogP contribution in [0, 0.1) is 0 Å². The van der Waals surface area contributed by atoms with Crippen LogP contribution in [0.5, 0.6) is 0 Å². The quantitative estimate of drug-likeness (QED) is 0.706. The predicted molar refractivity (Wildman–Crippen MR) is 98.7 cm³/mol. The molecule has 0 saturated carbocycles. The molecule has 134 valence electrons. The van der Waals surface area contributed by atoms with E-state index in [1.807, 2.05) is 51.1 Å². The number of hydrogen-bond donors (Lipinski definition) is 2. The van der Waals surface area contributed by atoms with Gasteiger partial charge in [-0.1, -0.05) is 37.3 Å². The summed E-state index contributed by atoms with van der Waals surface area (Å²) in [6.45, 7) is 6.12. The summed E-state index contributed by atoms with van der Waals surface area (Å²) in [5.74, 6) is -0.925. The second-order valence-corrected chi connectivity index (χ2v) is 7.10. The van der Waals surface area contributed by atoms with Crippen molar-refractivity contribution >= 4 is 28.3 Å². The molecule has 0 bridgehead atoms. The zero-order chi connectivity index (χ0) is 18.3. The monoisotopic (exact) mass is 361 g/mol. The average molecular weight is 361 g/mol. The van der Waals surface area contributed by atoms with Crippen LogP contribution in [-0.2, 0) is 16.1 Å². The van der Waals surface area contributed by atoms with Crippen LogP contribution < -0.4 is 10.6 Å². The number of benzene rings is 1. The van der Waals surface area contributed by atoms with Gasteiger partial charge in [0.05, 0.1) is 0 Å². The van der Waals surface area contributed by atoms with Crippen molar-refractivity contribution in [2.24, 2.45) is 0 Å². The molecule has 1 amide bonds. The SMILES string of the molecule is CCC(C)(C)NC(=O)COC(=O)c1csc(NCc2ccccc2)n1. The summed E-state index contributed by atoms with van der Waals surface area (Å²) in [6, 6.07) is 9.90. The Bertz CT molecular complexity index is 713. The number of thiazole rings is 1. The summed E-state index contributed by atoms with van der Waals surface area (Å²) < 4.78 is 5.02. The molecule has 2 N–H and O–H groups in total. The fourth-order valence-corrected chi connectivity index (χ4v) is 2.61. The molecule has 1 aromatic carbocycles. The van der Waals surface area contributed by atoms with Crippen LogP contribution in [0.4, 0.5) is 5.13 Å². The van der Waals surface area contributed by atoms with Gasteiger partial charge >= 0.3 is 5.97 Å². The number of esters is 1. The predicted octanol–water partition coefficient (Wildman–Crippen LogP) is 3.22. The topological polar surface area (TPSA) is 80.3 Å². The van der Waals surface area contributed by atoms with Crippen LogP contribution in [0.2, 0.25) is 0 Å². The van der Waals surface area contributed by atoms with Crippen LogP contribution in [0.3, 0.4) is 0 Å². The van der Waals surface area contributed by atoms with Crippen LogP contribution in [0.1, 0.15) is 43.2 Å². The maximum atomic E-state index is 12.0. The number of hydrogen-bond acceptors (Lipinski definition) is 6. The number of carbonyl (C=O) groups excluding carboxylic acids is 2. The minimum Gasteiger partial charge on any atom is -0.451 e. The van der Waals surface area contributed by atoms with E-state index in [1.165, 1.54) is 11.3 Å². The van der Waals surface area contributed by atoms with Gasteiger partial charge in [0.2, 0.25) is 0 Å². The van der Waals surface area contributed by atoms with Gasteiger partial charge in [0, 0.05) is 17.5 Å². The fraction of sp³-hybridized carbons (Fsp3) is 0.389. The first-order valence-electron chi connectivity index (χ1n) is 8.11. The normalized spacial score (nSPS) is 11.0. The number of ether oxygens (including phenoxy) is 1. The summed E-state index contributed by atoms with van der Waals surface area (Å²) in [4.78, 5) is 28.0. The van der Waals surface area contributed by atoms with Gasteiger partial charge in [-0.3, -0.25) is 4.79 Å². The van der Waals surface area contributed by atoms with Gasteiger partial charge < -0.3 is 15.4 Å². The molecule has 2 aromatic rings. The van der Waals surface area contributed by atoms with E-state index < -0.39 is 5.97 Å². The smallest absolute Gasteiger partial charge is 0.358 e. The molecule has 0 spiro atoms. The number of nitrogens with one attached hydrogen (secondary N) is 2. The highest BCUT2D eigenvalue weighted by atomic mass is 32.1. The Hall–Kier alpha value is -2.41. The van der Waals surface area contributed by atoms with E-state index in [2.05, 4.69) is 15.6 Å². The molecule has 0 radical (unpaired) electrons. The van der Waals surface area contributed by atoms with Crippen LogP contribution in [0.25, 0.3) is 0 Å². The first kappa shape index (κ1) is 18.9. The maximum Gasteiger partial charge on any atom is 0.358 e. The highest BCUT2D eigenvalue weighted by molar-refractivity contribution is 7.13. The molecule has 0 aliphatic heterocycles. The first-order chi connectivity index (χ1) is 11.9.